The van der Waals surface area contributed by atoms with Gasteiger partial charge in [-0.25, -0.2) is 4.79 Å². The Labute approximate surface area is 237 Å². The summed E-state index contributed by atoms with van der Waals surface area (Å²) >= 11 is 6.48. The largest absolute Gasteiger partial charge is 0.323 e. The predicted octanol–water partition coefficient (Wildman–Crippen LogP) is 8.56. The summed E-state index contributed by atoms with van der Waals surface area (Å²) in [6.07, 6.45) is 21.8. The number of hydrogen-bond acceptors (Lipinski definition) is 2. The molecule has 1 aromatic heterocycles. The Hall–Kier alpha value is -4.25. The molecule has 5 heteroatoms. The summed E-state index contributed by atoms with van der Waals surface area (Å²) in [6.45, 7) is 14.5. The van der Waals surface area contributed by atoms with Crippen molar-refractivity contribution in [1.82, 2.24) is 9.97 Å². The van der Waals surface area contributed by atoms with Crippen molar-refractivity contribution in [3.63, 3.8) is 0 Å². The number of rotatable bonds is 6. The number of nitriles is 1. The van der Waals surface area contributed by atoms with Crippen LogP contribution >= 0.6 is 11.6 Å². The number of aromatic nitrogens is 2. The molecule has 0 fully saturated rings. The number of nitrogens with zero attached hydrogens (tertiary/aromatic N) is 1. The number of imidazole rings is 1. The Balaban J connectivity index is 0.000000338. The number of H-pyrrole nitrogens is 2. The average molecular weight is 538 g/mol. The van der Waals surface area contributed by atoms with Crippen molar-refractivity contribution in [2.45, 2.75) is 47.5 Å². The minimum absolute atomic E-state index is 0.131. The quantitative estimate of drug-likeness (QED) is 0.188. The van der Waals surface area contributed by atoms with E-state index in [9.17, 15) is 4.79 Å². The van der Waals surface area contributed by atoms with Crippen LogP contribution in [0.15, 0.2) is 89.3 Å². The molecule has 0 saturated carbocycles. The molecule has 0 bridgehead atoms. The van der Waals surface area contributed by atoms with Crippen LogP contribution in [-0.2, 0) is 6.42 Å². The van der Waals surface area contributed by atoms with E-state index in [1.807, 2.05) is 44.2 Å². The molecule has 0 aliphatic heterocycles. The molecule has 1 atom stereocenters. The molecule has 1 heterocycles. The summed E-state index contributed by atoms with van der Waals surface area (Å²) in [5, 5.41) is 9.85. The van der Waals surface area contributed by atoms with Gasteiger partial charge in [-0.05, 0) is 85.7 Å². The van der Waals surface area contributed by atoms with E-state index >= 15 is 0 Å². The average Bonchev–Trinajstić information content (AvgIpc) is 3.48. The van der Waals surface area contributed by atoms with Gasteiger partial charge in [0.05, 0.1) is 17.1 Å². The van der Waals surface area contributed by atoms with Crippen molar-refractivity contribution in [2.24, 2.45) is 5.41 Å². The first-order valence-electron chi connectivity index (χ1n) is 12.7. The van der Waals surface area contributed by atoms with Gasteiger partial charge in [-0.15, -0.1) is 12.8 Å². The number of fused-ring (bicyclic) bond motifs is 1. The van der Waals surface area contributed by atoms with Crippen molar-refractivity contribution >= 4 is 28.2 Å². The summed E-state index contributed by atoms with van der Waals surface area (Å²) in [5.41, 5.74) is 9.12. The van der Waals surface area contributed by atoms with Gasteiger partial charge in [-0.3, -0.25) is 0 Å². The monoisotopic (exact) mass is 537 g/mol. The van der Waals surface area contributed by atoms with Crippen LogP contribution in [0.5, 0.6) is 0 Å². The Bertz CT molecular complexity index is 1580. The minimum Gasteiger partial charge on any atom is -0.306 e. The minimum atomic E-state index is -0.148. The summed E-state index contributed by atoms with van der Waals surface area (Å²) in [6, 6.07) is 12.3. The first kappa shape index (κ1) is 31.0. The van der Waals surface area contributed by atoms with E-state index in [1.165, 1.54) is 16.7 Å². The molecule has 0 radical (unpaired) electrons. The summed E-state index contributed by atoms with van der Waals surface area (Å²) in [5.74, 6) is 0. The second-order valence-electron chi connectivity index (χ2n) is 9.61. The number of aromatic amines is 2. The zero-order valence-electron chi connectivity index (χ0n) is 23.4. The van der Waals surface area contributed by atoms with Crippen molar-refractivity contribution in [3.05, 3.63) is 122 Å². The fourth-order valence-electron chi connectivity index (χ4n) is 4.56. The van der Waals surface area contributed by atoms with Gasteiger partial charge in [0.25, 0.3) is 0 Å². The van der Waals surface area contributed by atoms with Gasteiger partial charge >= 0.3 is 5.69 Å². The van der Waals surface area contributed by atoms with Crippen LogP contribution in [-0.4, -0.2) is 9.97 Å². The maximum Gasteiger partial charge on any atom is 0.323 e. The highest BCUT2D eigenvalue weighted by Gasteiger charge is 2.30. The number of nitrogens with one attached hydrogen (secondary N) is 2. The molecule has 0 spiro atoms. The van der Waals surface area contributed by atoms with Crippen molar-refractivity contribution in [2.75, 3.05) is 0 Å². The number of terminal acetylenes is 1. The number of benzene rings is 2. The van der Waals surface area contributed by atoms with Crippen LogP contribution < -0.4 is 5.69 Å². The molecular formula is C34H36ClN3O. The van der Waals surface area contributed by atoms with Gasteiger partial charge in [0, 0.05) is 16.0 Å². The van der Waals surface area contributed by atoms with E-state index in [2.05, 4.69) is 86.6 Å². The lowest BCUT2D eigenvalue weighted by Crippen LogP contribution is -2.14. The molecule has 3 aromatic rings. The standard InChI is InChI=1S/C24H26ClN.C8H8N2O.C2H2/c1-6-19(16-26)11-10-17(3)15-24(5)12-8-9-22(24)21-13-20(7-2)18(4)23(25)14-21;1-5-2-3-6-7(4-5)10-8(11)9-6;1-2/h6,8-14H,3,7,15H2,1-2,4-5H3;2-4H,1H3,(H2,9,10,11);1-2H/b11-10-,19-6+;;. The van der Waals surface area contributed by atoms with Crippen molar-refractivity contribution < 1.29 is 0 Å². The van der Waals surface area contributed by atoms with Gasteiger partial charge in [0.1, 0.15) is 0 Å². The van der Waals surface area contributed by atoms with Gasteiger partial charge in [0.15, 0.2) is 0 Å². The van der Waals surface area contributed by atoms with Gasteiger partial charge < -0.3 is 9.97 Å². The molecule has 200 valence electrons. The SMILES string of the molecule is C#C.C=C(/C=C\C(C#N)=C/C)CC1(C)C=CC=C1c1cc(Cl)c(C)c(CC)c1.Cc1ccc2[nH]c(=O)[nH]c2c1. The Morgan fingerprint density at radius 3 is 2.49 bits per heavy atom. The highest BCUT2D eigenvalue weighted by atomic mass is 35.5. The van der Waals surface area contributed by atoms with E-state index < -0.39 is 0 Å². The third kappa shape index (κ3) is 7.87. The Morgan fingerprint density at radius 2 is 1.85 bits per heavy atom. The number of hydrogen-bond donors (Lipinski definition) is 2. The molecule has 0 amide bonds. The van der Waals surface area contributed by atoms with Gasteiger partial charge in [-0.2, -0.15) is 5.26 Å². The molecule has 2 N–H and O–H groups in total. The molecule has 4 nitrogen and oxygen atoms in total. The van der Waals surface area contributed by atoms with Crippen LogP contribution in [0.4, 0.5) is 0 Å². The second kappa shape index (κ2) is 14.1. The third-order valence-corrected chi connectivity index (χ3v) is 7.08. The molecule has 1 aliphatic carbocycles. The lowest BCUT2D eigenvalue weighted by molar-refractivity contribution is 0.580. The number of allylic oxidation sites excluding steroid dienone is 9. The van der Waals surface area contributed by atoms with Crippen LogP contribution in [0.25, 0.3) is 16.6 Å². The van der Waals surface area contributed by atoms with E-state index in [4.69, 9.17) is 16.9 Å². The molecule has 39 heavy (non-hydrogen) atoms. The fraction of sp³-hybridized carbons (Fsp3) is 0.235. The first-order chi connectivity index (χ1) is 18.6. The fourth-order valence-corrected chi connectivity index (χ4v) is 4.80. The van der Waals surface area contributed by atoms with E-state index in [1.54, 1.807) is 6.08 Å². The topological polar surface area (TPSA) is 72.4 Å². The molecule has 1 aliphatic rings. The van der Waals surface area contributed by atoms with Crippen LogP contribution in [0.2, 0.25) is 5.02 Å². The molecule has 0 saturated heterocycles. The Morgan fingerprint density at radius 1 is 1.15 bits per heavy atom. The first-order valence-corrected chi connectivity index (χ1v) is 13.1. The number of aryl methyl sites for hydroxylation is 2. The predicted molar refractivity (Wildman–Crippen MR) is 167 cm³/mol. The van der Waals surface area contributed by atoms with E-state index in [0.29, 0.717) is 5.57 Å². The highest BCUT2D eigenvalue weighted by molar-refractivity contribution is 6.31. The summed E-state index contributed by atoms with van der Waals surface area (Å²) < 4.78 is 0. The lowest BCUT2D eigenvalue weighted by atomic mass is 9.76. The van der Waals surface area contributed by atoms with E-state index in [0.717, 1.165) is 45.6 Å². The zero-order chi connectivity index (χ0) is 29.2. The maximum absolute atomic E-state index is 10.8. The molecule has 1 unspecified atom stereocenters. The summed E-state index contributed by atoms with van der Waals surface area (Å²) in [7, 11) is 0. The lowest BCUT2D eigenvalue weighted by Gasteiger charge is -2.28. The summed E-state index contributed by atoms with van der Waals surface area (Å²) in [4.78, 5) is 16.2. The maximum atomic E-state index is 10.8. The molecule has 4 rings (SSSR count). The van der Waals surface area contributed by atoms with E-state index in [-0.39, 0.29) is 11.1 Å². The molecule has 2 aromatic carbocycles. The second-order valence-corrected chi connectivity index (χ2v) is 10.0. The highest BCUT2D eigenvalue weighted by Crippen LogP contribution is 2.45. The van der Waals surface area contributed by atoms with Gasteiger partial charge in [0.2, 0.25) is 0 Å². The zero-order valence-corrected chi connectivity index (χ0v) is 24.1. The third-order valence-electron chi connectivity index (χ3n) is 6.69. The van der Waals surface area contributed by atoms with Crippen molar-refractivity contribution in [3.8, 4) is 18.9 Å². The van der Waals surface area contributed by atoms with Crippen LogP contribution in [0.1, 0.15) is 49.4 Å². The molecular weight excluding hydrogens is 502 g/mol. The van der Waals surface area contributed by atoms with Crippen LogP contribution in [0.3, 0.4) is 0 Å². The smallest absolute Gasteiger partial charge is 0.306 e. The normalized spacial score (nSPS) is 16.2. The Kier molecular flexibility index (Phi) is 11.2. The number of halogens is 1. The van der Waals surface area contributed by atoms with Crippen molar-refractivity contribution in [1.29, 1.82) is 5.26 Å². The van der Waals surface area contributed by atoms with Crippen LogP contribution in [0, 0.1) is 43.4 Å². The van der Waals surface area contributed by atoms with Gasteiger partial charge in [-0.1, -0.05) is 80.1 Å².